The Morgan fingerprint density at radius 1 is 1.07 bits per heavy atom. The maximum absolute atomic E-state index is 12.6. The fourth-order valence-corrected chi connectivity index (χ4v) is 4.71. The number of hydrogen-bond donors (Lipinski definition) is 2. The van der Waals surface area contributed by atoms with Crippen molar-refractivity contribution in [2.75, 3.05) is 10.0 Å². The lowest BCUT2D eigenvalue weighted by Crippen LogP contribution is -2.16. The minimum atomic E-state index is -3.77. The molecule has 7 nitrogen and oxygen atoms in total. The first-order valence-electron chi connectivity index (χ1n) is 10.1. The van der Waals surface area contributed by atoms with Crippen molar-refractivity contribution in [1.29, 1.82) is 0 Å². The van der Waals surface area contributed by atoms with Crippen LogP contribution in [0.2, 0.25) is 0 Å². The Kier molecular flexibility index (Phi) is 6.84. The summed E-state index contributed by atoms with van der Waals surface area (Å²) in [6.45, 7) is 3.48. The number of benzene rings is 1. The Morgan fingerprint density at radius 3 is 2.41 bits per heavy atom. The molecule has 2 aromatic rings. The van der Waals surface area contributed by atoms with Crippen molar-refractivity contribution in [2.45, 2.75) is 63.7 Å². The quantitative estimate of drug-likeness (QED) is 0.705. The largest absolute Gasteiger partial charge is 0.326 e. The van der Waals surface area contributed by atoms with Crippen molar-refractivity contribution >= 4 is 27.4 Å². The Hall–Kier alpha value is -2.48. The third-order valence-electron chi connectivity index (χ3n) is 5.16. The number of nitrogens with one attached hydrogen (secondary N) is 2. The molecule has 0 aliphatic heterocycles. The minimum absolute atomic E-state index is 0.0313. The summed E-state index contributed by atoms with van der Waals surface area (Å²) in [5, 5.41) is 2.85. The van der Waals surface area contributed by atoms with Crippen LogP contribution in [0.25, 0.3) is 0 Å². The van der Waals surface area contributed by atoms with Gasteiger partial charge in [0.25, 0.3) is 10.0 Å². The van der Waals surface area contributed by atoms with Crippen molar-refractivity contribution in [3.8, 4) is 0 Å². The molecule has 0 unspecified atom stereocenters. The third kappa shape index (κ3) is 6.25. The fourth-order valence-electron chi connectivity index (χ4n) is 3.72. The highest BCUT2D eigenvalue weighted by Crippen LogP contribution is 2.27. The molecule has 0 saturated heterocycles. The van der Waals surface area contributed by atoms with E-state index in [0.717, 1.165) is 6.42 Å². The molecule has 1 aromatic heterocycles. The molecule has 0 atom stereocenters. The van der Waals surface area contributed by atoms with E-state index in [-0.39, 0.29) is 16.6 Å². The Bertz CT molecular complexity index is 932. The summed E-state index contributed by atoms with van der Waals surface area (Å²) in [6.07, 6.45) is 7.70. The molecule has 1 amide bonds. The molecule has 0 bridgehead atoms. The molecule has 156 valence electrons. The lowest BCUT2D eigenvalue weighted by Gasteiger charge is -2.21. The van der Waals surface area contributed by atoms with Crippen molar-refractivity contribution in [3.05, 3.63) is 41.9 Å². The molecule has 29 heavy (non-hydrogen) atoms. The predicted molar refractivity (Wildman–Crippen MR) is 113 cm³/mol. The molecule has 1 fully saturated rings. The van der Waals surface area contributed by atoms with Gasteiger partial charge in [0.2, 0.25) is 5.91 Å². The summed E-state index contributed by atoms with van der Waals surface area (Å²) >= 11 is 0. The Morgan fingerprint density at radius 2 is 1.76 bits per heavy atom. The minimum Gasteiger partial charge on any atom is -0.326 e. The highest BCUT2D eigenvalue weighted by Gasteiger charge is 2.17. The van der Waals surface area contributed by atoms with Gasteiger partial charge in [0, 0.05) is 23.9 Å². The van der Waals surface area contributed by atoms with E-state index in [4.69, 9.17) is 0 Å². The van der Waals surface area contributed by atoms with Gasteiger partial charge in [-0.25, -0.2) is 18.4 Å². The van der Waals surface area contributed by atoms with Gasteiger partial charge in [-0.05, 0) is 50.5 Å². The zero-order valence-corrected chi connectivity index (χ0v) is 17.8. The van der Waals surface area contributed by atoms with Crippen LogP contribution in [0.4, 0.5) is 11.5 Å². The molecule has 8 heteroatoms. The van der Waals surface area contributed by atoms with Gasteiger partial charge in [0.1, 0.15) is 11.6 Å². The molecule has 3 rings (SSSR count). The van der Waals surface area contributed by atoms with E-state index < -0.39 is 10.0 Å². The maximum Gasteiger partial charge on any atom is 0.263 e. The summed E-state index contributed by atoms with van der Waals surface area (Å²) in [4.78, 5) is 20.5. The average Bonchev–Trinajstić information content (AvgIpc) is 2.66. The zero-order valence-electron chi connectivity index (χ0n) is 16.9. The second-order valence-corrected chi connectivity index (χ2v) is 9.34. The van der Waals surface area contributed by atoms with E-state index in [9.17, 15) is 13.2 Å². The smallest absolute Gasteiger partial charge is 0.263 e. The number of aromatic nitrogens is 2. The van der Waals surface area contributed by atoms with Gasteiger partial charge < -0.3 is 5.32 Å². The van der Waals surface area contributed by atoms with Gasteiger partial charge in [-0.1, -0.05) is 32.1 Å². The normalized spacial score (nSPS) is 15.1. The molecule has 2 N–H and O–H groups in total. The topological polar surface area (TPSA) is 101 Å². The van der Waals surface area contributed by atoms with Crippen molar-refractivity contribution in [3.63, 3.8) is 0 Å². The highest BCUT2D eigenvalue weighted by atomic mass is 32.2. The van der Waals surface area contributed by atoms with Gasteiger partial charge >= 0.3 is 0 Å². The van der Waals surface area contributed by atoms with E-state index in [1.807, 2.05) is 0 Å². The van der Waals surface area contributed by atoms with Gasteiger partial charge in [-0.3, -0.25) is 9.52 Å². The molecular formula is C21H28N4O3S. The number of carbonyl (C=O) groups is 1. The van der Waals surface area contributed by atoms with Gasteiger partial charge in [0.15, 0.2) is 0 Å². The number of anilines is 2. The highest BCUT2D eigenvalue weighted by molar-refractivity contribution is 7.92. The van der Waals surface area contributed by atoms with Crippen LogP contribution in [-0.2, 0) is 14.8 Å². The van der Waals surface area contributed by atoms with E-state index in [1.54, 1.807) is 32.0 Å². The second kappa shape index (κ2) is 9.35. The predicted octanol–water partition coefficient (Wildman–Crippen LogP) is 4.19. The SMILES string of the molecule is Cc1cc(NS(=O)(=O)c2ccc(NC(=O)CCC3CCCCC3)cc2)nc(C)n1. The Labute approximate surface area is 172 Å². The molecule has 1 aliphatic rings. The third-order valence-corrected chi connectivity index (χ3v) is 6.53. The summed E-state index contributed by atoms with van der Waals surface area (Å²) in [6, 6.07) is 7.72. The average molecular weight is 417 g/mol. The van der Waals surface area contributed by atoms with Crippen LogP contribution in [0.3, 0.4) is 0 Å². The lowest BCUT2D eigenvalue weighted by molar-refractivity contribution is -0.116. The number of amides is 1. The van der Waals surface area contributed by atoms with Crippen LogP contribution in [0.5, 0.6) is 0 Å². The summed E-state index contributed by atoms with van der Waals surface area (Å²) in [5.74, 6) is 1.35. The maximum atomic E-state index is 12.6. The molecule has 0 spiro atoms. The van der Waals surface area contributed by atoms with Gasteiger partial charge in [-0.15, -0.1) is 0 Å². The van der Waals surface area contributed by atoms with E-state index in [0.29, 0.717) is 29.5 Å². The van der Waals surface area contributed by atoms with Crippen molar-refractivity contribution in [2.24, 2.45) is 5.92 Å². The van der Waals surface area contributed by atoms with Gasteiger partial charge in [0.05, 0.1) is 4.90 Å². The first-order valence-corrected chi connectivity index (χ1v) is 11.6. The summed E-state index contributed by atoms with van der Waals surface area (Å²) in [7, 11) is -3.77. The first-order chi connectivity index (χ1) is 13.8. The number of aryl methyl sites for hydroxylation is 2. The molecule has 0 radical (unpaired) electrons. The summed E-state index contributed by atoms with van der Waals surface area (Å²) < 4.78 is 27.6. The van der Waals surface area contributed by atoms with Crippen LogP contribution in [-0.4, -0.2) is 24.3 Å². The number of hydrogen-bond acceptors (Lipinski definition) is 5. The van der Waals surface area contributed by atoms with E-state index in [1.165, 1.54) is 44.2 Å². The van der Waals surface area contributed by atoms with Crippen molar-refractivity contribution in [1.82, 2.24) is 9.97 Å². The monoisotopic (exact) mass is 416 g/mol. The standard InChI is InChI=1S/C21H28N4O3S/c1-15-14-20(23-16(2)22-15)25-29(27,28)19-11-9-18(10-12-19)24-21(26)13-8-17-6-4-3-5-7-17/h9-12,14,17H,3-8,13H2,1-2H3,(H,24,26)(H,22,23,25). The number of carbonyl (C=O) groups excluding carboxylic acids is 1. The fraction of sp³-hybridized carbons (Fsp3) is 0.476. The number of rotatable bonds is 7. The zero-order chi connectivity index (χ0) is 20.9. The van der Waals surface area contributed by atoms with Gasteiger partial charge in [-0.2, -0.15) is 0 Å². The first kappa shape index (κ1) is 21.2. The second-order valence-electron chi connectivity index (χ2n) is 7.66. The van der Waals surface area contributed by atoms with Crippen LogP contribution in [0, 0.1) is 19.8 Å². The summed E-state index contributed by atoms with van der Waals surface area (Å²) in [5.41, 5.74) is 1.27. The Balaban J connectivity index is 1.57. The van der Waals surface area contributed by atoms with Crippen LogP contribution in [0.15, 0.2) is 35.2 Å². The molecule has 1 saturated carbocycles. The van der Waals surface area contributed by atoms with E-state index in [2.05, 4.69) is 20.0 Å². The molecule has 1 aliphatic carbocycles. The number of nitrogens with zero attached hydrogens (tertiary/aromatic N) is 2. The number of sulfonamides is 1. The molecule has 1 heterocycles. The van der Waals surface area contributed by atoms with E-state index >= 15 is 0 Å². The molecular weight excluding hydrogens is 388 g/mol. The van der Waals surface area contributed by atoms with Crippen LogP contribution < -0.4 is 10.0 Å². The molecule has 1 aromatic carbocycles. The van der Waals surface area contributed by atoms with Crippen LogP contribution in [0.1, 0.15) is 56.5 Å². The van der Waals surface area contributed by atoms with Crippen molar-refractivity contribution < 1.29 is 13.2 Å². The lowest BCUT2D eigenvalue weighted by atomic mass is 9.86. The van der Waals surface area contributed by atoms with Crippen LogP contribution >= 0.6 is 0 Å².